The summed E-state index contributed by atoms with van der Waals surface area (Å²) in [6.45, 7) is 0.604. The summed E-state index contributed by atoms with van der Waals surface area (Å²) >= 11 is 0. The van der Waals surface area contributed by atoms with Gasteiger partial charge in [0.05, 0.1) is 0 Å². The number of nitrogens with two attached hydrogens (primary N) is 3. The maximum absolute atomic E-state index is 10.1. The van der Waals surface area contributed by atoms with Gasteiger partial charge in [0.25, 0.3) is 0 Å². The Labute approximate surface area is 128 Å². The van der Waals surface area contributed by atoms with Crippen molar-refractivity contribution in [3.8, 4) is 0 Å². The minimum atomic E-state index is -1.17. The summed E-state index contributed by atoms with van der Waals surface area (Å²) in [6, 6.07) is -1.78. The summed E-state index contributed by atoms with van der Waals surface area (Å²) in [5, 5.41) is 24.6. The van der Waals surface area contributed by atoms with Gasteiger partial charge in [-0.25, -0.2) is 0 Å². The molecule has 0 heterocycles. The van der Waals surface area contributed by atoms with Gasteiger partial charge in [-0.2, -0.15) is 0 Å². The molecule has 126 valence electrons. The highest BCUT2D eigenvalue weighted by atomic mass is 35.5. The number of unbranched alkanes of at least 4 members (excludes halogenated alkanes) is 1. The van der Waals surface area contributed by atoms with Crippen LogP contribution in [0.2, 0.25) is 0 Å². The van der Waals surface area contributed by atoms with E-state index in [0.29, 0.717) is 13.0 Å². The molecule has 0 aliphatic heterocycles. The molecule has 0 aromatic carbocycles. The number of halogens is 1. The van der Waals surface area contributed by atoms with Gasteiger partial charge in [-0.1, -0.05) is 6.42 Å². The fraction of sp³-hybridized carbons (Fsp3) is 0.727. The predicted molar refractivity (Wildman–Crippen MR) is 78.2 cm³/mol. The Morgan fingerprint density at radius 2 is 1.29 bits per heavy atom. The first-order valence-corrected chi connectivity index (χ1v) is 6.11. The zero-order valence-corrected chi connectivity index (χ0v) is 12.4. The molecule has 0 unspecified atom stereocenters. The van der Waals surface area contributed by atoms with Crippen molar-refractivity contribution in [1.29, 1.82) is 0 Å². The van der Waals surface area contributed by atoms with Crippen molar-refractivity contribution in [2.45, 2.75) is 44.2 Å². The van der Waals surface area contributed by atoms with Crippen LogP contribution < -0.4 is 17.2 Å². The lowest BCUT2D eigenvalue weighted by atomic mass is 10.1. The second kappa shape index (κ2) is 15.0. The molecule has 9 nitrogen and oxygen atoms in total. The molecule has 0 aliphatic carbocycles. The van der Waals surface area contributed by atoms with Crippen molar-refractivity contribution in [3.63, 3.8) is 0 Å². The van der Waals surface area contributed by atoms with Gasteiger partial charge in [0.1, 0.15) is 12.1 Å². The van der Waals surface area contributed by atoms with Crippen LogP contribution in [-0.2, 0) is 14.4 Å². The Morgan fingerprint density at radius 1 is 0.857 bits per heavy atom. The van der Waals surface area contributed by atoms with Crippen LogP contribution in [0.1, 0.15) is 32.1 Å². The van der Waals surface area contributed by atoms with Gasteiger partial charge in [0, 0.05) is 6.42 Å². The smallest absolute Gasteiger partial charge is 0.320 e. The second-order valence-corrected chi connectivity index (χ2v) is 4.11. The average molecular weight is 330 g/mol. The summed E-state index contributed by atoms with van der Waals surface area (Å²) < 4.78 is 0. The van der Waals surface area contributed by atoms with E-state index in [9.17, 15) is 14.4 Å². The van der Waals surface area contributed by atoms with Gasteiger partial charge in [-0.3, -0.25) is 14.4 Å². The third-order valence-corrected chi connectivity index (χ3v) is 2.27. The number of rotatable bonds is 9. The molecule has 0 saturated heterocycles. The molecule has 9 N–H and O–H groups in total. The van der Waals surface area contributed by atoms with Crippen LogP contribution in [-0.4, -0.2) is 51.9 Å². The number of carboxylic acids is 3. The van der Waals surface area contributed by atoms with E-state index in [-0.39, 0.29) is 25.2 Å². The van der Waals surface area contributed by atoms with Gasteiger partial charge in [-0.05, 0) is 25.8 Å². The van der Waals surface area contributed by atoms with Crippen molar-refractivity contribution >= 4 is 30.3 Å². The fourth-order valence-electron chi connectivity index (χ4n) is 1.03. The standard InChI is InChI=1S/C6H14N2O2.C5H9NO4.ClH/c7-4-2-1-3-5(8)6(9)10;6-3(5(9)10)1-2-4(7)8;/h5H,1-4,7-8H2,(H,9,10);3H,1-2,6H2,(H,7,8)(H,9,10);1H/t5-;3-;/m11./s1. The Morgan fingerprint density at radius 3 is 1.62 bits per heavy atom. The van der Waals surface area contributed by atoms with E-state index in [1.165, 1.54) is 0 Å². The third-order valence-electron chi connectivity index (χ3n) is 2.27. The topological polar surface area (TPSA) is 190 Å². The minimum absolute atomic E-state index is 0. The molecule has 0 aromatic rings. The van der Waals surface area contributed by atoms with Gasteiger partial charge in [0.15, 0.2) is 0 Å². The Balaban J connectivity index is -0.000000295. The van der Waals surface area contributed by atoms with Crippen LogP contribution in [0, 0.1) is 0 Å². The second-order valence-electron chi connectivity index (χ2n) is 4.11. The number of hydrogen-bond acceptors (Lipinski definition) is 6. The first kappa shape index (κ1) is 24.6. The summed E-state index contributed by atoms with van der Waals surface area (Å²) in [5.41, 5.74) is 15.4. The monoisotopic (exact) mass is 329 g/mol. The number of hydrogen-bond donors (Lipinski definition) is 6. The summed E-state index contributed by atoms with van der Waals surface area (Å²) in [4.78, 5) is 30.0. The van der Waals surface area contributed by atoms with Crippen molar-refractivity contribution < 1.29 is 29.7 Å². The van der Waals surface area contributed by atoms with Crippen molar-refractivity contribution in [2.24, 2.45) is 17.2 Å². The molecule has 0 amide bonds. The van der Waals surface area contributed by atoms with Crippen molar-refractivity contribution in [3.05, 3.63) is 0 Å². The lowest BCUT2D eigenvalue weighted by Crippen LogP contribution is -2.30. The molecule has 10 heteroatoms. The maximum atomic E-state index is 10.1. The third kappa shape index (κ3) is 18.6. The largest absolute Gasteiger partial charge is 0.481 e. The van der Waals surface area contributed by atoms with Crippen molar-refractivity contribution in [2.75, 3.05) is 6.54 Å². The Hall–Kier alpha value is -1.42. The quantitative estimate of drug-likeness (QED) is 0.294. The average Bonchev–Trinajstić information content (AvgIpc) is 2.36. The zero-order chi connectivity index (χ0) is 16.1. The molecule has 0 bridgehead atoms. The van der Waals surface area contributed by atoms with E-state index in [1.54, 1.807) is 0 Å². The molecule has 0 aromatic heterocycles. The molecule has 0 saturated carbocycles. The molecular formula is C11H24ClN3O6. The maximum Gasteiger partial charge on any atom is 0.320 e. The van der Waals surface area contributed by atoms with E-state index in [4.69, 9.17) is 32.5 Å². The number of aliphatic carboxylic acids is 3. The highest BCUT2D eigenvalue weighted by Crippen LogP contribution is 1.97. The van der Waals surface area contributed by atoms with E-state index < -0.39 is 30.0 Å². The normalized spacial score (nSPS) is 12.1. The summed E-state index contributed by atoms with van der Waals surface area (Å²) in [6.07, 6.45) is 1.94. The van der Waals surface area contributed by atoms with Gasteiger partial charge < -0.3 is 32.5 Å². The van der Waals surface area contributed by atoms with E-state index >= 15 is 0 Å². The zero-order valence-electron chi connectivity index (χ0n) is 11.6. The minimum Gasteiger partial charge on any atom is -0.481 e. The molecule has 0 fully saturated rings. The lowest BCUT2D eigenvalue weighted by molar-refractivity contribution is -0.140. The van der Waals surface area contributed by atoms with Crippen LogP contribution in [0.25, 0.3) is 0 Å². The lowest BCUT2D eigenvalue weighted by Gasteiger charge is -2.03. The first-order valence-electron chi connectivity index (χ1n) is 6.11. The van der Waals surface area contributed by atoms with Gasteiger partial charge in [-0.15, -0.1) is 12.4 Å². The summed E-state index contributed by atoms with van der Waals surface area (Å²) in [7, 11) is 0. The Kier molecular flexibility index (Phi) is 17.5. The van der Waals surface area contributed by atoms with Crippen LogP contribution in [0.3, 0.4) is 0 Å². The first-order chi connectivity index (χ1) is 9.22. The summed E-state index contributed by atoms with van der Waals surface area (Å²) in [5.74, 6) is -3.13. The van der Waals surface area contributed by atoms with E-state index in [2.05, 4.69) is 0 Å². The SMILES string of the molecule is Cl.NCCCC[C@@H](N)C(=O)O.N[C@H](CCC(=O)O)C(=O)O. The van der Waals surface area contributed by atoms with Gasteiger partial charge >= 0.3 is 17.9 Å². The number of carboxylic acid groups (broad SMARTS) is 3. The van der Waals surface area contributed by atoms with Crippen LogP contribution in [0.4, 0.5) is 0 Å². The van der Waals surface area contributed by atoms with Gasteiger partial charge in [0.2, 0.25) is 0 Å². The van der Waals surface area contributed by atoms with Crippen LogP contribution >= 0.6 is 12.4 Å². The molecule has 2 atom stereocenters. The van der Waals surface area contributed by atoms with E-state index in [0.717, 1.165) is 12.8 Å². The van der Waals surface area contributed by atoms with E-state index in [1.807, 2.05) is 0 Å². The molecule has 0 radical (unpaired) electrons. The predicted octanol–water partition coefficient (Wildman–Crippen LogP) is -0.788. The molecular weight excluding hydrogens is 306 g/mol. The molecule has 0 rings (SSSR count). The molecule has 0 aliphatic rings. The molecule has 21 heavy (non-hydrogen) atoms. The highest BCUT2D eigenvalue weighted by Gasteiger charge is 2.12. The Bertz CT molecular complexity index is 316. The fourth-order valence-corrected chi connectivity index (χ4v) is 1.03. The number of carbonyl (C=O) groups is 3. The van der Waals surface area contributed by atoms with Crippen LogP contribution in [0.5, 0.6) is 0 Å². The van der Waals surface area contributed by atoms with Crippen molar-refractivity contribution in [1.82, 2.24) is 0 Å². The molecule has 0 spiro atoms. The highest BCUT2D eigenvalue weighted by molar-refractivity contribution is 5.85. The van der Waals surface area contributed by atoms with Crippen LogP contribution in [0.15, 0.2) is 0 Å².